The van der Waals surface area contributed by atoms with Crippen molar-refractivity contribution in [1.82, 2.24) is 10.2 Å². The summed E-state index contributed by atoms with van der Waals surface area (Å²) >= 11 is 6.21. The molecular weight excluding hydrogens is 538 g/mol. The average Bonchev–Trinajstić information content (AvgIpc) is 2.90. The Labute approximate surface area is 235 Å². The molecule has 0 bridgehead atoms. The molecule has 0 unspecified atom stereocenters. The van der Waals surface area contributed by atoms with Crippen molar-refractivity contribution >= 4 is 39.1 Å². The zero-order chi connectivity index (χ0) is 28.4. The first-order valence-electron chi connectivity index (χ1n) is 12.7. The first kappa shape index (κ1) is 30.0. The van der Waals surface area contributed by atoms with E-state index in [1.165, 1.54) is 4.90 Å². The number of halogens is 1. The van der Waals surface area contributed by atoms with E-state index in [9.17, 15) is 18.0 Å². The molecule has 0 heterocycles. The summed E-state index contributed by atoms with van der Waals surface area (Å²) in [4.78, 5) is 28.7. The maximum atomic E-state index is 14.0. The minimum atomic E-state index is -3.84. The smallest absolute Gasteiger partial charge is 0.244 e. The van der Waals surface area contributed by atoms with Crippen LogP contribution in [0.2, 0.25) is 5.02 Å². The highest BCUT2D eigenvalue weighted by Gasteiger charge is 2.32. The standard InChI is InChI=1S/C29H34ClN3O5S/c1-4-31-29(35)27(19-22-10-7-6-8-11-22)32(20-23-12-9-13-24(30)18-23)28(34)21-33(39(3,36)37)25-14-16-26(17-15-25)38-5-2/h6-18,27H,4-5,19-21H2,1-3H3,(H,31,35)/t27-/m1/s1. The van der Waals surface area contributed by atoms with Crippen LogP contribution in [0.3, 0.4) is 0 Å². The van der Waals surface area contributed by atoms with Crippen LogP contribution in [0.25, 0.3) is 0 Å². The monoisotopic (exact) mass is 571 g/mol. The van der Waals surface area contributed by atoms with E-state index in [1.807, 2.05) is 43.3 Å². The minimum absolute atomic E-state index is 0.0644. The molecule has 0 aliphatic carbocycles. The number of sulfonamides is 1. The minimum Gasteiger partial charge on any atom is -0.494 e. The van der Waals surface area contributed by atoms with Gasteiger partial charge in [-0.15, -0.1) is 0 Å². The summed E-state index contributed by atoms with van der Waals surface area (Å²) in [5, 5.41) is 3.32. The molecule has 3 rings (SSSR count). The molecule has 1 atom stereocenters. The highest BCUT2D eigenvalue weighted by molar-refractivity contribution is 7.92. The van der Waals surface area contributed by atoms with Gasteiger partial charge in [-0.25, -0.2) is 8.42 Å². The van der Waals surface area contributed by atoms with Gasteiger partial charge in [0.25, 0.3) is 0 Å². The number of benzene rings is 3. The molecule has 0 saturated heterocycles. The van der Waals surface area contributed by atoms with E-state index in [-0.39, 0.29) is 18.9 Å². The van der Waals surface area contributed by atoms with Gasteiger partial charge in [0.05, 0.1) is 18.6 Å². The Balaban J connectivity index is 2.01. The third kappa shape index (κ3) is 8.73. The molecule has 0 fully saturated rings. The second-order valence-corrected chi connectivity index (χ2v) is 11.3. The van der Waals surface area contributed by atoms with E-state index in [1.54, 1.807) is 49.4 Å². The Morgan fingerprint density at radius 3 is 2.21 bits per heavy atom. The van der Waals surface area contributed by atoms with Gasteiger partial charge in [-0.2, -0.15) is 0 Å². The molecular formula is C29H34ClN3O5S. The number of hydrogen-bond acceptors (Lipinski definition) is 5. The van der Waals surface area contributed by atoms with Crippen LogP contribution >= 0.6 is 11.6 Å². The van der Waals surface area contributed by atoms with Gasteiger partial charge >= 0.3 is 0 Å². The Hall–Kier alpha value is -3.56. The van der Waals surface area contributed by atoms with E-state index >= 15 is 0 Å². The highest BCUT2D eigenvalue weighted by atomic mass is 35.5. The molecule has 0 aliphatic heterocycles. The maximum absolute atomic E-state index is 14.0. The number of rotatable bonds is 13. The second kappa shape index (κ2) is 14.0. The number of carbonyl (C=O) groups excluding carboxylic acids is 2. The molecule has 0 aliphatic rings. The summed E-state index contributed by atoms with van der Waals surface area (Å²) in [7, 11) is -3.84. The predicted octanol–water partition coefficient (Wildman–Crippen LogP) is 4.28. The number of anilines is 1. The van der Waals surface area contributed by atoms with Crippen molar-refractivity contribution in [2.24, 2.45) is 0 Å². The fourth-order valence-electron chi connectivity index (χ4n) is 4.17. The Kier molecular flexibility index (Phi) is 10.8. The van der Waals surface area contributed by atoms with E-state index in [0.29, 0.717) is 35.2 Å². The molecule has 208 valence electrons. The first-order valence-corrected chi connectivity index (χ1v) is 14.9. The molecule has 0 radical (unpaired) electrons. The third-order valence-electron chi connectivity index (χ3n) is 5.98. The van der Waals surface area contributed by atoms with Crippen molar-refractivity contribution in [2.45, 2.75) is 32.9 Å². The predicted molar refractivity (Wildman–Crippen MR) is 154 cm³/mol. The lowest BCUT2D eigenvalue weighted by molar-refractivity contribution is -0.140. The van der Waals surface area contributed by atoms with Crippen molar-refractivity contribution in [2.75, 3.05) is 30.3 Å². The summed E-state index contributed by atoms with van der Waals surface area (Å²) in [5.74, 6) is -0.270. The first-order chi connectivity index (χ1) is 18.6. The Bertz CT molecular complexity index is 1350. The van der Waals surface area contributed by atoms with Crippen LogP contribution in [0.4, 0.5) is 5.69 Å². The van der Waals surface area contributed by atoms with Crippen LogP contribution in [0.1, 0.15) is 25.0 Å². The quantitative estimate of drug-likeness (QED) is 0.330. The summed E-state index contributed by atoms with van der Waals surface area (Å²) in [6, 6.07) is 22.0. The zero-order valence-electron chi connectivity index (χ0n) is 22.3. The molecule has 1 N–H and O–H groups in total. The highest BCUT2D eigenvalue weighted by Crippen LogP contribution is 2.23. The molecule has 0 spiro atoms. The summed E-state index contributed by atoms with van der Waals surface area (Å²) < 4.78 is 32.2. The fraction of sp³-hybridized carbons (Fsp3) is 0.310. The van der Waals surface area contributed by atoms with Crippen molar-refractivity contribution in [3.05, 3.63) is 95.0 Å². The third-order valence-corrected chi connectivity index (χ3v) is 7.35. The number of hydrogen-bond donors (Lipinski definition) is 1. The Morgan fingerprint density at radius 2 is 1.62 bits per heavy atom. The van der Waals surface area contributed by atoms with Crippen LogP contribution in [-0.4, -0.2) is 57.1 Å². The van der Waals surface area contributed by atoms with Crippen molar-refractivity contribution in [3.8, 4) is 5.75 Å². The summed E-state index contributed by atoms with van der Waals surface area (Å²) in [5.41, 5.74) is 1.89. The molecule has 2 amide bonds. The van der Waals surface area contributed by atoms with Crippen molar-refractivity contribution in [3.63, 3.8) is 0 Å². The van der Waals surface area contributed by atoms with E-state index in [0.717, 1.165) is 16.1 Å². The van der Waals surface area contributed by atoms with Gasteiger partial charge in [-0.3, -0.25) is 13.9 Å². The summed E-state index contributed by atoms with van der Waals surface area (Å²) in [6.45, 7) is 4.08. The number of ether oxygens (including phenoxy) is 1. The number of nitrogens with one attached hydrogen (secondary N) is 1. The average molecular weight is 572 g/mol. The van der Waals surface area contributed by atoms with Gasteiger partial charge in [0.1, 0.15) is 18.3 Å². The molecule has 3 aromatic carbocycles. The lowest BCUT2D eigenvalue weighted by Gasteiger charge is -2.33. The van der Waals surface area contributed by atoms with Gasteiger partial charge in [0.15, 0.2) is 0 Å². The molecule has 8 nitrogen and oxygen atoms in total. The molecule has 3 aromatic rings. The van der Waals surface area contributed by atoms with Crippen LogP contribution in [0.5, 0.6) is 5.75 Å². The lowest BCUT2D eigenvalue weighted by atomic mass is 10.0. The molecule has 0 saturated carbocycles. The topological polar surface area (TPSA) is 96.0 Å². The maximum Gasteiger partial charge on any atom is 0.244 e. The summed E-state index contributed by atoms with van der Waals surface area (Å²) in [6.07, 6.45) is 1.30. The number of likely N-dealkylation sites (N-methyl/N-ethyl adjacent to an activating group) is 1. The SMILES string of the molecule is CCNC(=O)[C@@H](Cc1ccccc1)N(Cc1cccc(Cl)c1)C(=O)CN(c1ccc(OCC)cc1)S(C)(=O)=O. The second-order valence-electron chi connectivity index (χ2n) is 8.95. The van der Waals surface area contributed by atoms with Gasteiger partial charge in [-0.05, 0) is 61.4 Å². The number of nitrogens with zero attached hydrogens (tertiary/aromatic N) is 2. The molecule has 10 heteroatoms. The number of amides is 2. The normalized spacial score (nSPS) is 11.9. The molecule has 0 aromatic heterocycles. The van der Waals surface area contributed by atoms with Crippen LogP contribution in [0.15, 0.2) is 78.9 Å². The molecule has 39 heavy (non-hydrogen) atoms. The van der Waals surface area contributed by atoms with E-state index in [4.69, 9.17) is 16.3 Å². The van der Waals surface area contributed by atoms with E-state index < -0.39 is 28.5 Å². The van der Waals surface area contributed by atoms with Gasteiger partial charge < -0.3 is 15.0 Å². The zero-order valence-corrected chi connectivity index (χ0v) is 23.9. The Morgan fingerprint density at radius 1 is 0.949 bits per heavy atom. The fourth-order valence-corrected chi connectivity index (χ4v) is 5.23. The lowest BCUT2D eigenvalue weighted by Crippen LogP contribution is -2.53. The van der Waals surface area contributed by atoms with Crippen LogP contribution in [-0.2, 0) is 32.6 Å². The van der Waals surface area contributed by atoms with Gasteiger partial charge in [0.2, 0.25) is 21.8 Å². The van der Waals surface area contributed by atoms with E-state index in [2.05, 4.69) is 5.32 Å². The van der Waals surface area contributed by atoms with Crippen molar-refractivity contribution < 1.29 is 22.7 Å². The number of carbonyl (C=O) groups is 2. The van der Waals surface area contributed by atoms with Crippen LogP contribution < -0.4 is 14.4 Å². The van der Waals surface area contributed by atoms with Gasteiger partial charge in [-0.1, -0.05) is 54.1 Å². The van der Waals surface area contributed by atoms with Crippen LogP contribution in [0, 0.1) is 0 Å². The van der Waals surface area contributed by atoms with Gasteiger partial charge in [0, 0.05) is 24.5 Å². The largest absolute Gasteiger partial charge is 0.494 e. The van der Waals surface area contributed by atoms with Crippen molar-refractivity contribution in [1.29, 1.82) is 0 Å².